The number of carboxylic acid groups (broad SMARTS) is 1. The zero-order valence-corrected chi connectivity index (χ0v) is 13.6. The molecule has 1 aromatic heterocycles. The Bertz CT molecular complexity index is 502. The number of rotatable bonds is 9. The van der Waals surface area contributed by atoms with Gasteiger partial charge in [-0.25, -0.2) is 4.79 Å². The molecule has 1 aromatic rings. The Kier molecular flexibility index (Phi) is 7.59. The first-order valence-electron chi connectivity index (χ1n) is 7.28. The van der Waals surface area contributed by atoms with Crippen molar-refractivity contribution in [2.45, 2.75) is 39.2 Å². The molecule has 0 fully saturated rings. The zero-order chi connectivity index (χ0) is 16.5. The SMILES string of the molecule is CCC(C)C(NC(=O)CCCNC(=O)c1ccsc1)C(=O)O. The van der Waals surface area contributed by atoms with Crippen LogP contribution in [0.2, 0.25) is 0 Å². The van der Waals surface area contributed by atoms with E-state index in [1.54, 1.807) is 18.4 Å². The Morgan fingerprint density at radius 2 is 2.09 bits per heavy atom. The average Bonchev–Trinajstić information content (AvgIpc) is 3.02. The molecule has 7 heteroatoms. The van der Waals surface area contributed by atoms with E-state index in [2.05, 4.69) is 10.6 Å². The van der Waals surface area contributed by atoms with E-state index in [0.29, 0.717) is 24.9 Å². The summed E-state index contributed by atoms with van der Waals surface area (Å²) in [5.74, 6) is -1.62. The molecular formula is C15H22N2O4S. The lowest BCUT2D eigenvalue weighted by Crippen LogP contribution is -2.45. The number of hydrogen-bond donors (Lipinski definition) is 3. The molecule has 0 aliphatic rings. The Morgan fingerprint density at radius 3 is 2.64 bits per heavy atom. The van der Waals surface area contributed by atoms with Crippen LogP contribution in [0.5, 0.6) is 0 Å². The summed E-state index contributed by atoms with van der Waals surface area (Å²) in [5, 5.41) is 17.9. The molecule has 0 aliphatic heterocycles. The van der Waals surface area contributed by atoms with Crippen molar-refractivity contribution in [1.29, 1.82) is 0 Å². The van der Waals surface area contributed by atoms with Crippen molar-refractivity contribution >= 4 is 29.1 Å². The standard InChI is InChI=1S/C15H22N2O4S/c1-3-10(2)13(15(20)21)17-12(18)5-4-7-16-14(19)11-6-8-22-9-11/h6,8-10,13H,3-5,7H2,1-2H3,(H,16,19)(H,17,18)(H,20,21). The molecule has 22 heavy (non-hydrogen) atoms. The van der Waals surface area contributed by atoms with Gasteiger partial charge in [-0.2, -0.15) is 11.3 Å². The van der Waals surface area contributed by atoms with Gasteiger partial charge in [-0.15, -0.1) is 0 Å². The van der Waals surface area contributed by atoms with Gasteiger partial charge in [0.25, 0.3) is 5.91 Å². The van der Waals surface area contributed by atoms with Crippen molar-refractivity contribution in [2.75, 3.05) is 6.54 Å². The third kappa shape index (κ3) is 5.85. The molecule has 6 nitrogen and oxygen atoms in total. The summed E-state index contributed by atoms with van der Waals surface area (Å²) in [5.41, 5.74) is 0.608. The molecule has 2 unspecified atom stereocenters. The largest absolute Gasteiger partial charge is 0.480 e. The highest BCUT2D eigenvalue weighted by molar-refractivity contribution is 7.08. The van der Waals surface area contributed by atoms with Crippen molar-refractivity contribution in [1.82, 2.24) is 10.6 Å². The minimum absolute atomic E-state index is 0.125. The van der Waals surface area contributed by atoms with Gasteiger partial charge in [0, 0.05) is 23.9 Å². The summed E-state index contributed by atoms with van der Waals surface area (Å²) in [4.78, 5) is 34.5. The minimum Gasteiger partial charge on any atom is -0.480 e. The average molecular weight is 326 g/mol. The van der Waals surface area contributed by atoms with E-state index in [1.165, 1.54) is 11.3 Å². The maximum atomic E-state index is 11.8. The lowest BCUT2D eigenvalue weighted by Gasteiger charge is -2.20. The topological polar surface area (TPSA) is 95.5 Å². The molecule has 0 spiro atoms. The molecule has 3 N–H and O–H groups in total. The molecule has 0 saturated heterocycles. The lowest BCUT2D eigenvalue weighted by molar-refractivity contribution is -0.143. The van der Waals surface area contributed by atoms with Crippen molar-refractivity contribution in [3.8, 4) is 0 Å². The summed E-state index contributed by atoms with van der Waals surface area (Å²) in [7, 11) is 0. The molecule has 1 heterocycles. The van der Waals surface area contributed by atoms with Gasteiger partial charge in [0.05, 0.1) is 0 Å². The predicted octanol–water partition coefficient (Wildman–Crippen LogP) is 1.87. The molecule has 2 atom stereocenters. The van der Waals surface area contributed by atoms with Gasteiger partial charge in [-0.1, -0.05) is 20.3 Å². The van der Waals surface area contributed by atoms with Crippen LogP contribution in [0, 0.1) is 5.92 Å². The molecule has 0 saturated carbocycles. The Labute approximate surface area is 133 Å². The number of nitrogens with one attached hydrogen (secondary N) is 2. The summed E-state index contributed by atoms with van der Waals surface area (Å²) in [6, 6.07) is 0.869. The number of carbonyl (C=O) groups excluding carboxylic acids is 2. The van der Waals surface area contributed by atoms with Crippen LogP contribution >= 0.6 is 11.3 Å². The minimum atomic E-state index is -1.02. The van der Waals surface area contributed by atoms with E-state index in [-0.39, 0.29) is 24.2 Å². The first-order valence-corrected chi connectivity index (χ1v) is 8.22. The number of carbonyl (C=O) groups is 3. The Balaban J connectivity index is 2.28. The van der Waals surface area contributed by atoms with Gasteiger partial charge >= 0.3 is 5.97 Å². The fourth-order valence-electron chi connectivity index (χ4n) is 1.88. The molecule has 0 aromatic carbocycles. The maximum absolute atomic E-state index is 11.8. The number of amides is 2. The molecule has 0 aliphatic carbocycles. The monoisotopic (exact) mass is 326 g/mol. The second-order valence-corrected chi connectivity index (χ2v) is 5.92. The van der Waals surface area contributed by atoms with E-state index in [1.807, 2.05) is 12.3 Å². The molecular weight excluding hydrogens is 304 g/mol. The molecule has 1 rings (SSSR count). The quantitative estimate of drug-likeness (QED) is 0.604. The van der Waals surface area contributed by atoms with E-state index < -0.39 is 12.0 Å². The third-order valence-electron chi connectivity index (χ3n) is 3.45. The van der Waals surface area contributed by atoms with E-state index in [4.69, 9.17) is 5.11 Å². The van der Waals surface area contributed by atoms with Crippen LogP contribution in [-0.4, -0.2) is 35.5 Å². The number of hydrogen-bond acceptors (Lipinski definition) is 4. The van der Waals surface area contributed by atoms with Crippen molar-refractivity contribution in [2.24, 2.45) is 5.92 Å². The second kappa shape index (κ2) is 9.19. The van der Waals surface area contributed by atoms with Gasteiger partial charge in [0.2, 0.25) is 5.91 Å². The van der Waals surface area contributed by atoms with Crippen LogP contribution in [0.4, 0.5) is 0 Å². The maximum Gasteiger partial charge on any atom is 0.326 e. The predicted molar refractivity (Wildman–Crippen MR) is 84.9 cm³/mol. The van der Waals surface area contributed by atoms with Crippen molar-refractivity contribution in [3.63, 3.8) is 0 Å². The highest BCUT2D eigenvalue weighted by atomic mass is 32.1. The van der Waals surface area contributed by atoms with Crippen LogP contribution in [0.15, 0.2) is 16.8 Å². The second-order valence-electron chi connectivity index (χ2n) is 5.14. The summed E-state index contributed by atoms with van der Waals surface area (Å²) < 4.78 is 0. The summed E-state index contributed by atoms with van der Waals surface area (Å²) >= 11 is 1.45. The fraction of sp³-hybridized carbons (Fsp3) is 0.533. The molecule has 122 valence electrons. The summed E-state index contributed by atoms with van der Waals surface area (Å²) in [6.45, 7) is 4.05. The molecule has 0 radical (unpaired) electrons. The lowest BCUT2D eigenvalue weighted by atomic mass is 9.99. The molecule has 2 amide bonds. The first-order chi connectivity index (χ1) is 10.5. The van der Waals surface area contributed by atoms with Gasteiger partial charge in [-0.3, -0.25) is 9.59 Å². The van der Waals surface area contributed by atoms with Crippen LogP contribution < -0.4 is 10.6 Å². The smallest absolute Gasteiger partial charge is 0.326 e. The van der Waals surface area contributed by atoms with Gasteiger partial charge < -0.3 is 15.7 Å². The van der Waals surface area contributed by atoms with E-state index in [0.717, 1.165) is 0 Å². The highest BCUT2D eigenvalue weighted by Crippen LogP contribution is 2.08. The van der Waals surface area contributed by atoms with E-state index in [9.17, 15) is 14.4 Å². The number of carboxylic acids is 1. The van der Waals surface area contributed by atoms with Crippen LogP contribution in [-0.2, 0) is 9.59 Å². The third-order valence-corrected chi connectivity index (χ3v) is 4.13. The summed E-state index contributed by atoms with van der Waals surface area (Å²) in [6.07, 6.45) is 1.33. The number of aliphatic carboxylic acids is 1. The van der Waals surface area contributed by atoms with Gasteiger partial charge in [0.15, 0.2) is 0 Å². The van der Waals surface area contributed by atoms with E-state index >= 15 is 0 Å². The Morgan fingerprint density at radius 1 is 1.36 bits per heavy atom. The van der Waals surface area contributed by atoms with Crippen LogP contribution in [0.1, 0.15) is 43.5 Å². The Hall–Kier alpha value is -1.89. The first kappa shape index (κ1) is 18.2. The van der Waals surface area contributed by atoms with Gasteiger partial charge in [0.1, 0.15) is 6.04 Å². The highest BCUT2D eigenvalue weighted by Gasteiger charge is 2.24. The molecule has 0 bridgehead atoms. The number of thiophene rings is 1. The van der Waals surface area contributed by atoms with Gasteiger partial charge in [-0.05, 0) is 23.8 Å². The van der Waals surface area contributed by atoms with Crippen molar-refractivity contribution < 1.29 is 19.5 Å². The fourth-order valence-corrected chi connectivity index (χ4v) is 2.51. The van der Waals surface area contributed by atoms with Crippen LogP contribution in [0.3, 0.4) is 0 Å². The zero-order valence-electron chi connectivity index (χ0n) is 12.8. The van der Waals surface area contributed by atoms with Crippen molar-refractivity contribution in [3.05, 3.63) is 22.4 Å². The normalized spacial score (nSPS) is 13.2. The van der Waals surface area contributed by atoms with Crippen LogP contribution in [0.25, 0.3) is 0 Å².